The van der Waals surface area contributed by atoms with Gasteiger partial charge in [-0.2, -0.15) is 0 Å². The van der Waals surface area contributed by atoms with E-state index >= 15 is 0 Å². The average Bonchev–Trinajstić information content (AvgIpc) is 2.96. The van der Waals surface area contributed by atoms with E-state index in [4.69, 9.17) is 4.74 Å². The Balaban J connectivity index is 1.31. The number of para-hydroxylation sites is 2. The molecule has 0 unspecified atom stereocenters. The summed E-state index contributed by atoms with van der Waals surface area (Å²) in [5.41, 5.74) is 1.18. The summed E-state index contributed by atoms with van der Waals surface area (Å²) in [6.45, 7) is 4.50. The van der Waals surface area contributed by atoms with Crippen LogP contribution < -0.4 is 10.1 Å². The number of hydrogen-bond acceptors (Lipinski definition) is 4. The third kappa shape index (κ3) is 7.57. The number of ether oxygens (including phenoxy) is 1. The molecule has 2 aromatic carbocycles. The van der Waals surface area contributed by atoms with Crippen LogP contribution in [0.5, 0.6) is 5.75 Å². The molecule has 4 rings (SSSR count). The molecule has 1 aliphatic heterocycles. The predicted octanol–water partition coefficient (Wildman–Crippen LogP) is 5.11. The van der Waals surface area contributed by atoms with Crippen LogP contribution in [0.15, 0.2) is 54.6 Å². The topological polar surface area (TPSA) is 65.1 Å². The minimum atomic E-state index is -0.443. The summed E-state index contributed by atoms with van der Waals surface area (Å²) in [6, 6.07) is 13.8. The highest BCUT2D eigenvalue weighted by Gasteiger charge is 2.27. The number of nitrogens with zero attached hydrogens (tertiary/aromatic N) is 3. The lowest BCUT2D eigenvalue weighted by atomic mass is 9.88. The Labute approximate surface area is 225 Å². The molecule has 1 N–H and O–H groups in total. The van der Waals surface area contributed by atoms with Gasteiger partial charge in [-0.05, 0) is 31.0 Å². The first-order valence-electron chi connectivity index (χ1n) is 13.7. The number of anilines is 1. The molecule has 1 aliphatic carbocycles. The van der Waals surface area contributed by atoms with Crippen LogP contribution in [0, 0.1) is 11.7 Å². The summed E-state index contributed by atoms with van der Waals surface area (Å²) in [6.07, 6.45) is 9.47. The van der Waals surface area contributed by atoms with Crippen LogP contribution in [0.25, 0.3) is 6.08 Å². The first kappa shape index (κ1) is 27.6. The Morgan fingerprint density at radius 3 is 2.47 bits per heavy atom. The zero-order valence-corrected chi connectivity index (χ0v) is 22.3. The first-order valence-corrected chi connectivity index (χ1v) is 13.7. The number of hydrogen-bond donors (Lipinski definition) is 1. The van der Waals surface area contributed by atoms with Crippen molar-refractivity contribution in [1.29, 1.82) is 0 Å². The molecule has 0 aromatic heterocycles. The van der Waals surface area contributed by atoms with E-state index in [1.165, 1.54) is 12.5 Å². The van der Waals surface area contributed by atoms with Gasteiger partial charge in [-0.3, -0.25) is 9.69 Å². The number of halogens is 1. The Hall–Kier alpha value is -3.39. The molecule has 8 heteroatoms. The van der Waals surface area contributed by atoms with E-state index < -0.39 is 5.82 Å². The van der Waals surface area contributed by atoms with Crippen molar-refractivity contribution in [3.63, 3.8) is 0 Å². The van der Waals surface area contributed by atoms with Crippen LogP contribution in [-0.4, -0.2) is 79.6 Å². The van der Waals surface area contributed by atoms with Gasteiger partial charge in [-0.15, -0.1) is 0 Å². The van der Waals surface area contributed by atoms with E-state index in [1.54, 1.807) is 30.2 Å². The van der Waals surface area contributed by atoms with Gasteiger partial charge in [0.1, 0.15) is 11.6 Å². The van der Waals surface area contributed by atoms with Crippen molar-refractivity contribution in [2.45, 2.75) is 32.1 Å². The Bertz CT molecular complexity index is 1090. The van der Waals surface area contributed by atoms with E-state index in [-0.39, 0.29) is 23.5 Å². The second-order valence-corrected chi connectivity index (χ2v) is 10.0. The van der Waals surface area contributed by atoms with Gasteiger partial charge >= 0.3 is 6.03 Å². The van der Waals surface area contributed by atoms with Gasteiger partial charge in [0.15, 0.2) is 0 Å². The molecule has 2 fully saturated rings. The summed E-state index contributed by atoms with van der Waals surface area (Å²) < 4.78 is 19.3. The summed E-state index contributed by atoms with van der Waals surface area (Å²) >= 11 is 0. The second-order valence-electron chi connectivity index (χ2n) is 10.0. The molecule has 3 amide bonds. The van der Waals surface area contributed by atoms with Gasteiger partial charge in [-0.1, -0.05) is 61.7 Å². The van der Waals surface area contributed by atoms with Crippen molar-refractivity contribution in [2.75, 3.05) is 58.2 Å². The van der Waals surface area contributed by atoms with Crippen molar-refractivity contribution in [3.8, 4) is 5.75 Å². The average molecular weight is 523 g/mol. The molecular weight excluding hydrogens is 483 g/mol. The Morgan fingerprint density at radius 2 is 1.74 bits per heavy atom. The maximum absolute atomic E-state index is 13.9. The zero-order chi connectivity index (χ0) is 26.7. The molecule has 1 saturated carbocycles. The van der Waals surface area contributed by atoms with Gasteiger partial charge in [-0.25, -0.2) is 9.18 Å². The summed E-state index contributed by atoms with van der Waals surface area (Å²) in [5.74, 6) is 0.729. The number of benzene rings is 2. The molecule has 0 spiro atoms. The summed E-state index contributed by atoms with van der Waals surface area (Å²) in [4.78, 5) is 32.0. The van der Waals surface area contributed by atoms with E-state index in [0.29, 0.717) is 39.3 Å². The number of amides is 3. The Kier molecular flexibility index (Phi) is 10.1. The van der Waals surface area contributed by atoms with Crippen LogP contribution in [0.3, 0.4) is 0 Å². The summed E-state index contributed by atoms with van der Waals surface area (Å²) in [5, 5.41) is 2.67. The largest absolute Gasteiger partial charge is 0.496 e. The highest BCUT2D eigenvalue weighted by molar-refractivity contribution is 5.89. The van der Waals surface area contributed by atoms with Crippen LogP contribution >= 0.6 is 0 Å². The molecule has 2 aromatic rings. The van der Waals surface area contributed by atoms with Crippen molar-refractivity contribution >= 4 is 23.7 Å². The van der Waals surface area contributed by atoms with E-state index in [2.05, 4.69) is 10.2 Å². The molecule has 38 heavy (non-hydrogen) atoms. The van der Waals surface area contributed by atoms with Gasteiger partial charge in [0.05, 0.1) is 12.8 Å². The van der Waals surface area contributed by atoms with Crippen molar-refractivity contribution in [1.82, 2.24) is 14.7 Å². The minimum Gasteiger partial charge on any atom is -0.496 e. The van der Waals surface area contributed by atoms with Gasteiger partial charge < -0.3 is 19.9 Å². The fourth-order valence-electron chi connectivity index (χ4n) is 5.20. The standard InChI is InChI=1S/C30H39FN4O3/c1-38-28-16-8-5-10-24(28)13-9-17-34(29(36)25-11-3-2-4-12-25)21-18-33-19-22-35(23-20-33)30(37)32-27-15-7-6-14-26(27)31/h5-10,13-16,25H,2-4,11-12,17-23H2,1H3,(H,32,37)/b13-9+. The lowest BCUT2D eigenvalue weighted by Gasteiger charge is -2.36. The smallest absolute Gasteiger partial charge is 0.322 e. The predicted molar refractivity (Wildman–Crippen MR) is 149 cm³/mol. The van der Waals surface area contributed by atoms with Crippen molar-refractivity contribution < 1.29 is 18.7 Å². The fourth-order valence-corrected chi connectivity index (χ4v) is 5.20. The number of methoxy groups -OCH3 is 1. The number of urea groups is 1. The van der Waals surface area contributed by atoms with Crippen LogP contribution in [0.1, 0.15) is 37.7 Å². The maximum Gasteiger partial charge on any atom is 0.322 e. The lowest BCUT2D eigenvalue weighted by Crippen LogP contribution is -2.52. The molecule has 7 nitrogen and oxygen atoms in total. The van der Waals surface area contributed by atoms with Crippen LogP contribution in [0.2, 0.25) is 0 Å². The van der Waals surface area contributed by atoms with Crippen LogP contribution in [0.4, 0.5) is 14.9 Å². The lowest BCUT2D eigenvalue weighted by molar-refractivity contribution is -0.136. The quantitative estimate of drug-likeness (QED) is 0.497. The molecule has 1 heterocycles. The fraction of sp³-hybridized carbons (Fsp3) is 0.467. The number of carbonyl (C=O) groups excluding carboxylic acids is 2. The minimum absolute atomic E-state index is 0.113. The maximum atomic E-state index is 13.9. The second kappa shape index (κ2) is 14.0. The highest BCUT2D eigenvalue weighted by Crippen LogP contribution is 2.26. The van der Waals surface area contributed by atoms with Crippen molar-refractivity contribution in [2.24, 2.45) is 5.92 Å². The zero-order valence-electron chi connectivity index (χ0n) is 22.3. The molecule has 2 aliphatic rings. The SMILES string of the molecule is COc1ccccc1/C=C/CN(CCN1CCN(C(=O)Nc2ccccc2F)CC1)C(=O)C1CCCCC1. The normalized spacial score (nSPS) is 16.9. The molecule has 0 radical (unpaired) electrons. The summed E-state index contributed by atoms with van der Waals surface area (Å²) in [7, 11) is 1.66. The first-order chi connectivity index (χ1) is 18.5. The van der Waals surface area contributed by atoms with E-state index in [9.17, 15) is 14.0 Å². The molecule has 204 valence electrons. The third-order valence-corrected chi connectivity index (χ3v) is 7.49. The number of rotatable bonds is 9. The molecular formula is C30H39FN4O3. The van der Waals surface area contributed by atoms with Crippen LogP contribution in [-0.2, 0) is 4.79 Å². The third-order valence-electron chi connectivity index (χ3n) is 7.49. The van der Waals surface area contributed by atoms with E-state index in [0.717, 1.165) is 43.5 Å². The monoisotopic (exact) mass is 522 g/mol. The van der Waals surface area contributed by atoms with Crippen molar-refractivity contribution in [3.05, 3.63) is 66.0 Å². The van der Waals surface area contributed by atoms with Gasteiger partial charge in [0.2, 0.25) is 5.91 Å². The number of nitrogens with one attached hydrogen (secondary N) is 1. The highest BCUT2D eigenvalue weighted by atomic mass is 19.1. The Morgan fingerprint density at radius 1 is 1.03 bits per heavy atom. The number of carbonyl (C=O) groups is 2. The van der Waals surface area contributed by atoms with E-state index in [1.807, 2.05) is 41.3 Å². The molecule has 0 bridgehead atoms. The molecule has 0 atom stereocenters. The molecule has 1 saturated heterocycles. The van der Waals surface area contributed by atoms with Gasteiger partial charge in [0, 0.05) is 57.3 Å². The number of piperazine rings is 1. The van der Waals surface area contributed by atoms with Gasteiger partial charge in [0.25, 0.3) is 0 Å².